The highest BCUT2D eigenvalue weighted by molar-refractivity contribution is 6.03. The maximum Gasteiger partial charge on any atom is 0.316 e. The zero-order chi connectivity index (χ0) is 27.4. The van der Waals surface area contributed by atoms with Crippen LogP contribution in [-0.2, 0) is 0 Å². The molecule has 5 heterocycles. The lowest BCUT2D eigenvalue weighted by Crippen LogP contribution is -2.43. The largest absolute Gasteiger partial charge is 0.508 e. The topological polar surface area (TPSA) is 74.6 Å². The first kappa shape index (κ1) is 25.0. The van der Waals surface area contributed by atoms with Crippen LogP contribution in [0.2, 0.25) is 0 Å². The smallest absolute Gasteiger partial charge is 0.316 e. The number of hydrogen-bond donors (Lipinski definition) is 1. The predicted octanol–water partition coefficient (Wildman–Crippen LogP) is 5.23. The van der Waals surface area contributed by atoms with Crippen molar-refractivity contribution in [2.24, 2.45) is 0 Å². The maximum atomic E-state index is 14.8. The summed E-state index contributed by atoms with van der Waals surface area (Å²) in [5, 5.41) is 12.4. The molecule has 9 heteroatoms. The molecule has 1 N–H and O–H groups in total. The van der Waals surface area contributed by atoms with Crippen LogP contribution >= 0.6 is 0 Å². The molecule has 4 aromatic rings. The molecular formula is C31H29F2N5O2. The van der Waals surface area contributed by atoms with Crippen molar-refractivity contribution in [3.05, 3.63) is 47.9 Å². The van der Waals surface area contributed by atoms with Gasteiger partial charge in [0, 0.05) is 43.2 Å². The minimum atomic E-state index is -0.840. The number of aromatic hydroxyl groups is 1. The Morgan fingerprint density at radius 1 is 1.12 bits per heavy atom. The summed E-state index contributed by atoms with van der Waals surface area (Å²) in [5.74, 6) is 2.72. The number of ether oxygens (including phenoxy) is 1. The average molecular weight is 542 g/mol. The fraction of sp³-hybridized carbons (Fsp3) is 0.387. The van der Waals surface area contributed by atoms with Crippen LogP contribution in [0.3, 0.4) is 0 Å². The van der Waals surface area contributed by atoms with E-state index in [1.807, 2.05) is 0 Å². The fourth-order valence-corrected chi connectivity index (χ4v) is 6.79. The van der Waals surface area contributed by atoms with Crippen molar-refractivity contribution in [1.29, 1.82) is 0 Å². The molecule has 0 unspecified atom stereocenters. The van der Waals surface area contributed by atoms with Gasteiger partial charge in [-0.2, -0.15) is 4.98 Å². The molecule has 7 rings (SSSR count). The summed E-state index contributed by atoms with van der Waals surface area (Å²) in [6.07, 6.45) is 11.1. The highest BCUT2D eigenvalue weighted by atomic mass is 19.1. The highest BCUT2D eigenvalue weighted by Crippen LogP contribution is 2.41. The van der Waals surface area contributed by atoms with Crippen LogP contribution in [0.25, 0.3) is 32.9 Å². The molecule has 3 aliphatic heterocycles. The van der Waals surface area contributed by atoms with Gasteiger partial charge in [-0.15, -0.1) is 6.42 Å². The quantitative estimate of drug-likeness (QED) is 0.347. The number of aromatic nitrogens is 3. The van der Waals surface area contributed by atoms with Crippen molar-refractivity contribution < 1.29 is 18.6 Å². The Hall–Kier alpha value is -4.03. The molecule has 204 valence electrons. The Balaban J connectivity index is 1.35. The van der Waals surface area contributed by atoms with Gasteiger partial charge in [0.2, 0.25) is 0 Å². The molecule has 0 radical (unpaired) electrons. The zero-order valence-electron chi connectivity index (χ0n) is 22.0. The van der Waals surface area contributed by atoms with Crippen molar-refractivity contribution in [1.82, 2.24) is 19.9 Å². The number of benzene rings is 2. The number of phenols is 1. The Kier molecular flexibility index (Phi) is 5.97. The van der Waals surface area contributed by atoms with Gasteiger partial charge in [0.15, 0.2) is 0 Å². The molecule has 0 spiro atoms. The number of halogens is 2. The van der Waals surface area contributed by atoms with Gasteiger partial charge in [0.1, 0.15) is 30.2 Å². The number of nitrogens with zero attached hydrogens (tertiary/aromatic N) is 5. The number of terminal acetylenes is 1. The van der Waals surface area contributed by atoms with E-state index in [2.05, 4.69) is 20.7 Å². The molecule has 2 atom stereocenters. The van der Waals surface area contributed by atoms with E-state index in [9.17, 15) is 13.9 Å². The van der Waals surface area contributed by atoms with Gasteiger partial charge >= 0.3 is 6.01 Å². The van der Waals surface area contributed by atoms with Crippen LogP contribution in [0.1, 0.15) is 37.7 Å². The number of phenolic OH excluding ortho intramolecular Hbond substituents is 1. The molecule has 3 fully saturated rings. The van der Waals surface area contributed by atoms with Crippen molar-refractivity contribution in [3.8, 4) is 35.4 Å². The first-order chi connectivity index (χ1) is 19.4. The lowest BCUT2D eigenvalue weighted by molar-refractivity contribution is 0.107. The number of fused-ring (bicyclic) bond motifs is 3. The second-order valence-corrected chi connectivity index (χ2v) is 11.1. The molecule has 2 aromatic heterocycles. The van der Waals surface area contributed by atoms with E-state index in [1.54, 1.807) is 30.5 Å². The maximum absolute atomic E-state index is 14.8. The van der Waals surface area contributed by atoms with Crippen molar-refractivity contribution in [3.63, 3.8) is 0 Å². The molecule has 0 amide bonds. The normalized spacial score (nSPS) is 22.7. The molecule has 3 aliphatic rings. The Morgan fingerprint density at radius 3 is 2.80 bits per heavy atom. The van der Waals surface area contributed by atoms with E-state index in [4.69, 9.17) is 21.1 Å². The van der Waals surface area contributed by atoms with Crippen molar-refractivity contribution in [2.45, 2.75) is 43.8 Å². The van der Waals surface area contributed by atoms with Gasteiger partial charge in [0.05, 0.1) is 27.7 Å². The second kappa shape index (κ2) is 9.56. The van der Waals surface area contributed by atoms with Gasteiger partial charge in [-0.1, -0.05) is 12.0 Å². The molecular weight excluding hydrogens is 512 g/mol. The van der Waals surface area contributed by atoms with Crippen LogP contribution in [0, 0.1) is 18.2 Å². The molecule has 2 aromatic carbocycles. The first-order valence-electron chi connectivity index (χ1n) is 13.8. The number of anilines is 1. The number of pyridine rings is 1. The van der Waals surface area contributed by atoms with E-state index in [0.717, 1.165) is 56.5 Å². The lowest BCUT2D eigenvalue weighted by Gasteiger charge is -2.30. The van der Waals surface area contributed by atoms with Crippen molar-refractivity contribution >= 4 is 27.5 Å². The Morgan fingerprint density at radius 2 is 1.98 bits per heavy atom. The second-order valence-electron chi connectivity index (χ2n) is 11.1. The summed E-state index contributed by atoms with van der Waals surface area (Å²) in [7, 11) is 0. The van der Waals surface area contributed by atoms with Crippen molar-refractivity contribution in [2.75, 3.05) is 37.7 Å². The summed E-state index contributed by atoms with van der Waals surface area (Å²) < 4.78 is 35.1. The lowest BCUT2D eigenvalue weighted by atomic mass is 9.95. The molecule has 0 saturated carbocycles. The van der Waals surface area contributed by atoms with Gasteiger partial charge in [0.25, 0.3) is 0 Å². The monoisotopic (exact) mass is 541 g/mol. The van der Waals surface area contributed by atoms with Crippen LogP contribution < -0.4 is 9.64 Å². The Labute approximate surface area is 230 Å². The minimum absolute atomic E-state index is 0.0245. The van der Waals surface area contributed by atoms with E-state index >= 15 is 0 Å². The zero-order valence-corrected chi connectivity index (χ0v) is 22.0. The third-order valence-electron chi connectivity index (χ3n) is 8.65. The first-order valence-corrected chi connectivity index (χ1v) is 13.8. The third kappa shape index (κ3) is 4.09. The third-order valence-corrected chi connectivity index (χ3v) is 8.65. The van der Waals surface area contributed by atoms with Crippen LogP contribution in [-0.4, -0.2) is 69.5 Å². The number of hydrogen-bond acceptors (Lipinski definition) is 7. The molecule has 0 aliphatic carbocycles. The fourth-order valence-electron chi connectivity index (χ4n) is 6.79. The SMILES string of the molecule is C#Cc1c(F)ccc2cc(O)cc(-c3cc4nc(OC[C@@]56CCCN5C[C@H](F)C6)ncc4c(N4CCCC4)n3)c12. The minimum Gasteiger partial charge on any atom is -0.508 e. The summed E-state index contributed by atoms with van der Waals surface area (Å²) in [6.45, 7) is 3.36. The predicted molar refractivity (Wildman–Crippen MR) is 150 cm³/mol. The van der Waals surface area contributed by atoms with Crippen LogP contribution in [0.5, 0.6) is 11.8 Å². The standard InChI is InChI=1S/C31H29F2N5O2/c1-2-22-25(33)7-6-19-12-21(39)13-23(28(19)22)26-14-27-24(29(35-26)37-9-3-4-10-37)16-34-30(36-27)40-18-31-8-5-11-38(31)17-20(32)15-31/h1,6-7,12-14,16,20,39H,3-5,8-11,15,17-18H2/t20-,31+/m1/s1. The highest BCUT2D eigenvalue weighted by Gasteiger charge is 2.49. The van der Waals surface area contributed by atoms with Gasteiger partial charge in [-0.3, -0.25) is 4.90 Å². The number of alkyl halides is 1. The summed E-state index contributed by atoms with van der Waals surface area (Å²) >= 11 is 0. The average Bonchev–Trinajstić information content (AvgIpc) is 3.68. The van der Waals surface area contributed by atoms with E-state index < -0.39 is 12.0 Å². The van der Waals surface area contributed by atoms with E-state index in [0.29, 0.717) is 47.1 Å². The van der Waals surface area contributed by atoms with Crippen LogP contribution in [0.4, 0.5) is 14.6 Å². The van der Waals surface area contributed by atoms with Gasteiger partial charge in [-0.25, -0.2) is 18.7 Å². The van der Waals surface area contributed by atoms with E-state index in [1.165, 1.54) is 6.07 Å². The molecule has 40 heavy (non-hydrogen) atoms. The molecule has 0 bridgehead atoms. The summed E-state index contributed by atoms with van der Waals surface area (Å²) in [4.78, 5) is 18.6. The molecule has 7 nitrogen and oxygen atoms in total. The van der Waals surface area contributed by atoms with Crippen LogP contribution in [0.15, 0.2) is 36.5 Å². The summed E-state index contributed by atoms with van der Waals surface area (Å²) in [6, 6.07) is 8.05. The Bertz CT molecular complexity index is 1680. The molecule has 3 saturated heterocycles. The number of rotatable bonds is 5. The summed E-state index contributed by atoms with van der Waals surface area (Å²) in [5.41, 5.74) is 1.46. The van der Waals surface area contributed by atoms with E-state index in [-0.39, 0.29) is 22.9 Å². The van der Waals surface area contributed by atoms with Gasteiger partial charge in [-0.05, 0) is 61.9 Å². The van der Waals surface area contributed by atoms with Gasteiger partial charge < -0.3 is 14.7 Å².